The van der Waals surface area contributed by atoms with E-state index in [9.17, 15) is 14.4 Å². The molecule has 2 aromatic carbocycles. The molecule has 0 bridgehead atoms. The monoisotopic (exact) mass is 368 g/mol. The van der Waals surface area contributed by atoms with Crippen molar-refractivity contribution in [2.45, 2.75) is 19.3 Å². The molecular weight excluding hydrogens is 348 g/mol. The Morgan fingerprint density at radius 2 is 1.96 bits per heavy atom. The molecule has 0 aromatic heterocycles. The van der Waals surface area contributed by atoms with Gasteiger partial charge >= 0.3 is 5.97 Å². The minimum atomic E-state index is -0.932. The summed E-state index contributed by atoms with van der Waals surface area (Å²) in [6.07, 6.45) is 1.28. The van der Waals surface area contributed by atoms with E-state index in [1.165, 1.54) is 0 Å². The molecule has 2 amide bonds. The smallest absolute Gasteiger partial charge is 0.307 e. The second-order valence-electron chi connectivity index (χ2n) is 6.25. The highest BCUT2D eigenvalue weighted by molar-refractivity contribution is 5.95. The first-order valence-electron chi connectivity index (χ1n) is 8.65. The van der Waals surface area contributed by atoms with E-state index in [1.54, 1.807) is 47.4 Å². The minimum Gasteiger partial charge on any atom is -0.484 e. The van der Waals surface area contributed by atoms with Crippen molar-refractivity contribution in [1.82, 2.24) is 0 Å². The molecule has 1 aliphatic heterocycles. The predicted octanol–water partition coefficient (Wildman–Crippen LogP) is 2.46. The molecular formula is C20H20N2O5. The summed E-state index contributed by atoms with van der Waals surface area (Å²) < 4.78 is 5.53. The number of anilines is 2. The molecule has 7 heteroatoms. The van der Waals surface area contributed by atoms with Gasteiger partial charge in [0.2, 0.25) is 5.91 Å². The van der Waals surface area contributed by atoms with Crippen molar-refractivity contribution in [3.8, 4) is 5.75 Å². The van der Waals surface area contributed by atoms with Crippen molar-refractivity contribution in [3.63, 3.8) is 0 Å². The molecule has 27 heavy (non-hydrogen) atoms. The highest BCUT2D eigenvalue weighted by Crippen LogP contribution is 2.25. The van der Waals surface area contributed by atoms with Crippen LogP contribution < -0.4 is 15.0 Å². The van der Waals surface area contributed by atoms with E-state index in [2.05, 4.69) is 5.32 Å². The van der Waals surface area contributed by atoms with Crippen molar-refractivity contribution < 1.29 is 24.2 Å². The Morgan fingerprint density at radius 1 is 1.15 bits per heavy atom. The van der Waals surface area contributed by atoms with E-state index in [-0.39, 0.29) is 24.8 Å². The maximum absolute atomic E-state index is 12.1. The van der Waals surface area contributed by atoms with Crippen LogP contribution in [0.25, 0.3) is 0 Å². The van der Waals surface area contributed by atoms with Crippen molar-refractivity contribution in [2.75, 3.05) is 23.4 Å². The largest absolute Gasteiger partial charge is 0.484 e. The van der Waals surface area contributed by atoms with Crippen molar-refractivity contribution in [1.29, 1.82) is 0 Å². The summed E-state index contributed by atoms with van der Waals surface area (Å²) in [7, 11) is 0. The third-order valence-corrected chi connectivity index (χ3v) is 4.14. The number of carbonyl (C=O) groups excluding carboxylic acids is 2. The van der Waals surface area contributed by atoms with Crippen LogP contribution in [0.3, 0.4) is 0 Å². The average molecular weight is 368 g/mol. The molecule has 0 radical (unpaired) electrons. The Hall–Kier alpha value is -3.35. The third kappa shape index (κ3) is 5.07. The second-order valence-corrected chi connectivity index (χ2v) is 6.25. The normalized spacial score (nSPS) is 13.5. The highest BCUT2D eigenvalue weighted by Gasteiger charge is 2.21. The number of nitrogens with zero attached hydrogens (tertiary/aromatic N) is 1. The summed E-state index contributed by atoms with van der Waals surface area (Å²) in [5.41, 5.74) is 1.87. The summed E-state index contributed by atoms with van der Waals surface area (Å²) in [6, 6.07) is 13.8. The Bertz CT molecular complexity index is 865. The zero-order valence-electron chi connectivity index (χ0n) is 14.7. The highest BCUT2D eigenvalue weighted by atomic mass is 16.5. The van der Waals surface area contributed by atoms with Crippen LogP contribution in [0, 0.1) is 0 Å². The molecule has 0 saturated carbocycles. The first-order valence-corrected chi connectivity index (χ1v) is 8.65. The molecule has 7 nitrogen and oxygen atoms in total. The van der Waals surface area contributed by atoms with Crippen molar-refractivity contribution >= 4 is 29.2 Å². The molecule has 1 heterocycles. The van der Waals surface area contributed by atoms with Gasteiger partial charge in [-0.15, -0.1) is 0 Å². The zero-order chi connectivity index (χ0) is 19.2. The number of aliphatic carboxylic acids is 1. The summed E-state index contributed by atoms with van der Waals surface area (Å²) in [5.74, 6) is -0.698. The van der Waals surface area contributed by atoms with Gasteiger partial charge < -0.3 is 20.1 Å². The Balaban J connectivity index is 1.56. The fourth-order valence-corrected chi connectivity index (χ4v) is 2.94. The van der Waals surface area contributed by atoms with Gasteiger partial charge in [0.15, 0.2) is 6.61 Å². The van der Waals surface area contributed by atoms with Crippen molar-refractivity contribution in [3.05, 3.63) is 54.1 Å². The molecule has 0 atom stereocenters. The predicted molar refractivity (Wildman–Crippen MR) is 99.9 cm³/mol. The third-order valence-electron chi connectivity index (χ3n) is 4.14. The number of ether oxygens (including phenoxy) is 1. The Morgan fingerprint density at radius 3 is 2.70 bits per heavy atom. The van der Waals surface area contributed by atoms with Crippen LogP contribution in [0.1, 0.15) is 18.4 Å². The number of hydrogen-bond acceptors (Lipinski definition) is 4. The molecule has 0 aliphatic carbocycles. The zero-order valence-corrected chi connectivity index (χ0v) is 14.7. The number of benzene rings is 2. The lowest BCUT2D eigenvalue weighted by atomic mass is 10.1. The Kier molecular flexibility index (Phi) is 5.71. The van der Waals surface area contributed by atoms with Gasteiger partial charge in [0, 0.05) is 30.4 Å². The maximum Gasteiger partial charge on any atom is 0.307 e. The molecule has 2 aromatic rings. The van der Waals surface area contributed by atoms with Crippen LogP contribution in [-0.2, 0) is 20.8 Å². The molecule has 1 fully saturated rings. The molecule has 3 rings (SSSR count). The van der Waals surface area contributed by atoms with Crippen molar-refractivity contribution in [2.24, 2.45) is 0 Å². The standard InChI is InChI=1S/C20H20N2O5/c23-18(21-15-5-1-4-14(10-15)11-20(25)26)13-27-17-7-2-6-16(12-17)22-9-3-8-19(22)24/h1-2,4-7,10,12H,3,8-9,11,13H2,(H,21,23)(H,25,26). The van der Waals surface area contributed by atoms with Gasteiger partial charge in [-0.3, -0.25) is 14.4 Å². The lowest BCUT2D eigenvalue weighted by molar-refractivity contribution is -0.136. The summed E-state index contributed by atoms with van der Waals surface area (Å²) >= 11 is 0. The van der Waals surface area contributed by atoms with Gasteiger partial charge in [-0.1, -0.05) is 18.2 Å². The molecule has 2 N–H and O–H groups in total. The first-order chi connectivity index (χ1) is 13.0. The van der Waals surface area contributed by atoms with E-state index in [1.807, 2.05) is 6.07 Å². The topological polar surface area (TPSA) is 95.9 Å². The second kappa shape index (κ2) is 8.35. The number of carboxylic acid groups (broad SMARTS) is 1. The van der Waals surface area contributed by atoms with Crippen LogP contribution in [-0.4, -0.2) is 36.0 Å². The first kappa shape index (κ1) is 18.4. The number of nitrogens with one attached hydrogen (secondary N) is 1. The summed E-state index contributed by atoms with van der Waals surface area (Å²) in [6.45, 7) is 0.496. The minimum absolute atomic E-state index is 0.0890. The van der Waals surface area contributed by atoms with Crippen LogP contribution >= 0.6 is 0 Å². The van der Waals surface area contributed by atoms with Crippen LogP contribution in [0.4, 0.5) is 11.4 Å². The van der Waals surface area contributed by atoms with Crippen LogP contribution in [0.15, 0.2) is 48.5 Å². The maximum atomic E-state index is 12.1. The van der Waals surface area contributed by atoms with E-state index in [0.29, 0.717) is 30.0 Å². The quantitative estimate of drug-likeness (QED) is 0.783. The van der Waals surface area contributed by atoms with Crippen LogP contribution in [0.5, 0.6) is 5.75 Å². The molecule has 1 saturated heterocycles. The van der Waals surface area contributed by atoms with Gasteiger partial charge in [0.05, 0.1) is 6.42 Å². The average Bonchev–Trinajstić information content (AvgIpc) is 3.06. The summed E-state index contributed by atoms with van der Waals surface area (Å²) in [4.78, 5) is 36.4. The van der Waals surface area contributed by atoms with Crippen LogP contribution in [0.2, 0.25) is 0 Å². The molecule has 0 spiro atoms. The lowest BCUT2D eigenvalue weighted by Gasteiger charge is -2.16. The van der Waals surface area contributed by atoms with Gasteiger partial charge in [0.25, 0.3) is 5.91 Å². The molecule has 1 aliphatic rings. The van der Waals surface area contributed by atoms with Gasteiger partial charge in [-0.2, -0.15) is 0 Å². The number of amides is 2. The number of hydrogen-bond donors (Lipinski definition) is 2. The van der Waals surface area contributed by atoms with E-state index < -0.39 is 5.97 Å². The number of rotatable bonds is 7. The van der Waals surface area contributed by atoms with E-state index in [4.69, 9.17) is 9.84 Å². The summed E-state index contributed by atoms with van der Waals surface area (Å²) in [5, 5.41) is 11.5. The van der Waals surface area contributed by atoms with Gasteiger partial charge in [0.1, 0.15) is 5.75 Å². The molecule has 0 unspecified atom stereocenters. The number of carbonyl (C=O) groups is 3. The van der Waals surface area contributed by atoms with Gasteiger partial charge in [-0.05, 0) is 36.2 Å². The van der Waals surface area contributed by atoms with E-state index in [0.717, 1.165) is 12.1 Å². The SMILES string of the molecule is O=C(O)Cc1cccc(NC(=O)COc2cccc(N3CCCC3=O)c2)c1. The Labute approximate surface area is 156 Å². The molecule has 140 valence electrons. The van der Waals surface area contributed by atoms with Gasteiger partial charge in [-0.25, -0.2) is 0 Å². The fourth-order valence-electron chi connectivity index (χ4n) is 2.94. The van der Waals surface area contributed by atoms with E-state index >= 15 is 0 Å². The fraction of sp³-hybridized carbons (Fsp3) is 0.250. The number of carboxylic acids is 1. The lowest BCUT2D eigenvalue weighted by Crippen LogP contribution is -2.24.